The Bertz CT molecular complexity index is 815. The summed E-state index contributed by atoms with van der Waals surface area (Å²) in [6, 6.07) is 8.85. The third-order valence-corrected chi connectivity index (χ3v) is 4.08. The van der Waals surface area contributed by atoms with Gasteiger partial charge in [-0.2, -0.15) is 0 Å². The number of benzene rings is 2. The van der Waals surface area contributed by atoms with Gasteiger partial charge in [0.05, 0.1) is 28.3 Å². The topological polar surface area (TPSA) is 90.7 Å². The van der Waals surface area contributed by atoms with E-state index in [9.17, 15) is 14.9 Å². The molecule has 7 nitrogen and oxygen atoms in total. The van der Waals surface area contributed by atoms with E-state index in [1.165, 1.54) is 25.3 Å². The molecule has 0 aliphatic carbocycles. The number of rotatable bonds is 6. The number of nitro groups is 1. The van der Waals surface area contributed by atoms with Crippen LogP contribution in [0, 0.1) is 10.1 Å². The van der Waals surface area contributed by atoms with Gasteiger partial charge in [-0.1, -0.05) is 11.6 Å². The molecule has 1 N–H and O–H groups in total. The molecule has 0 saturated heterocycles. The number of nitrogens with one attached hydrogen (secondary N) is 1. The molecule has 0 fully saturated rings. The molecule has 0 bridgehead atoms. The molecule has 0 aliphatic heterocycles. The summed E-state index contributed by atoms with van der Waals surface area (Å²) in [5.74, 6) is 0.208. The zero-order valence-corrected chi connectivity index (χ0v) is 15.6. The van der Waals surface area contributed by atoms with Gasteiger partial charge in [0.1, 0.15) is 11.5 Å². The molecule has 2 aromatic rings. The van der Waals surface area contributed by atoms with Gasteiger partial charge in [0.2, 0.25) is 0 Å². The van der Waals surface area contributed by atoms with E-state index < -0.39 is 16.9 Å². The number of hydrogen-bond donors (Lipinski definition) is 1. The Labute approximate surface area is 157 Å². The predicted molar refractivity (Wildman–Crippen MR) is 97.5 cm³/mol. The Kier molecular flexibility index (Phi) is 6.22. The summed E-state index contributed by atoms with van der Waals surface area (Å²) < 4.78 is 11.3. The van der Waals surface area contributed by atoms with Crippen molar-refractivity contribution in [2.45, 2.75) is 13.0 Å². The number of ether oxygens (including phenoxy) is 2. The van der Waals surface area contributed by atoms with Crippen LogP contribution in [-0.2, 0) is 4.79 Å². The zero-order chi connectivity index (χ0) is 18.6. The molecule has 9 heteroatoms. The van der Waals surface area contributed by atoms with Crippen LogP contribution in [0.5, 0.6) is 11.5 Å². The number of nitro benzene ring substituents is 1. The number of non-ortho nitro benzene ring substituents is 1. The SMILES string of the molecule is COc1cc([N+](=O)[O-])ccc1NC(=O)C(C)Oc1ccc(Cl)cc1Br. The van der Waals surface area contributed by atoms with Crippen molar-refractivity contribution >= 4 is 44.8 Å². The molecule has 1 atom stereocenters. The molecular weight excluding hydrogens is 416 g/mol. The fourth-order valence-corrected chi connectivity index (χ4v) is 2.72. The van der Waals surface area contributed by atoms with Gasteiger partial charge < -0.3 is 14.8 Å². The van der Waals surface area contributed by atoms with E-state index in [0.29, 0.717) is 20.9 Å². The summed E-state index contributed by atoms with van der Waals surface area (Å²) in [5.41, 5.74) is 0.174. The first-order chi connectivity index (χ1) is 11.8. The van der Waals surface area contributed by atoms with Gasteiger partial charge in [0.15, 0.2) is 6.10 Å². The predicted octanol–water partition coefficient (Wildman–Crippen LogP) is 4.43. The van der Waals surface area contributed by atoms with Gasteiger partial charge in [-0.05, 0) is 47.1 Å². The van der Waals surface area contributed by atoms with E-state index in [-0.39, 0.29) is 11.4 Å². The number of carbonyl (C=O) groups is 1. The second-order valence-corrected chi connectivity index (χ2v) is 6.26. The van der Waals surface area contributed by atoms with E-state index >= 15 is 0 Å². The van der Waals surface area contributed by atoms with Crippen molar-refractivity contribution in [3.05, 3.63) is 56.0 Å². The average molecular weight is 430 g/mol. The van der Waals surface area contributed by atoms with E-state index in [1.807, 2.05) is 0 Å². The molecule has 0 saturated carbocycles. The summed E-state index contributed by atoms with van der Waals surface area (Å²) in [7, 11) is 1.36. The lowest BCUT2D eigenvalue weighted by Crippen LogP contribution is -2.30. The number of amides is 1. The molecule has 2 rings (SSSR count). The second kappa shape index (κ2) is 8.17. The fourth-order valence-electron chi connectivity index (χ4n) is 1.95. The van der Waals surface area contributed by atoms with Crippen LogP contribution in [0.1, 0.15) is 6.92 Å². The van der Waals surface area contributed by atoms with Gasteiger partial charge in [0.25, 0.3) is 11.6 Å². The molecule has 25 heavy (non-hydrogen) atoms. The van der Waals surface area contributed by atoms with Gasteiger partial charge in [-0.15, -0.1) is 0 Å². The highest BCUT2D eigenvalue weighted by Crippen LogP contribution is 2.31. The number of carbonyl (C=O) groups excluding carboxylic acids is 1. The van der Waals surface area contributed by atoms with Crippen molar-refractivity contribution < 1.29 is 19.2 Å². The number of methoxy groups -OCH3 is 1. The molecule has 0 spiro atoms. The van der Waals surface area contributed by atoms with Crippen molar-refractivity contribution in [3.8, 4) is 11.5 Å². The standard InChI is InChI=1S/C16H14BrClN2O5/c1-9(25-14-6-3-10(18)7-12(14)17)16(21)19-13-5-4-11(20(22)23)8-15(13)24-2/h3-9H,1-2H3,(H,19,21). The maximum absolute atomic E-state index is 12.3. The fraction of sp³-hybridized carbons (Fsp3) is 0.188. The summed E-state index contributed by atoms with van der Waals surface area (Å²) in [6.07, 6.45) is -0.822. The Morgan fingerprint density at radius 2 is 2.00 bits per heavy atom. The molecule has 2 aromatic carbocycles. The Hall–Kier alpha value is -2.32. The van der Waals surface area contributed by atoms with Crippen LogP contribution < -0.4 is 14.8 Å². The molecule has 0 heterocycles. The zero-order valence-electron chi connectivity index (χ0n) is 13.3. The Morgan fingerprint density at radius 1 is 1.28 bits per heavy atom. The number of halogens is 2. The normalized spacial score (nSPS) is 11.5. The second-order valence-electron chi connectivity index (χ2n) is 4.97. The van der Waals surface area contributed by atoms with E-state index in [2.05, 4.69) is 21.2 Å². The minimum Gasteiger partial charge on any atom is -0.494 e. The first kappa shape index (κ1) is 19.0. The van der Waals surface area contributed by atoms with Crippen LogP contribution in [0.4, 0.5) is 11.4 Å². The van der Waals surface area contributed by atoms with Crippen LogP contribution in [0.2, 0.25) is 5.02 Å². The molecule has 0 radical (unpaired) electrons. The minimum atomic E-state index is -0.822. The van der Waals surface area contributed by atoms with Crippen LogP contribution in [0.15, 0.2) is 40.9 Å². The maximum Gasteiger partial charge on any atom is 0.273 e. The van der Waals surface area contributed by atoms with Crippen molar-refractivity contribution in [2.24, 2.45) is 0 Å². The largest absolute Gasteiger partial charge is 0.494 e. The van der Waals surface area contributed by atoms with Gasteiger partial charge >= 0.3 is 0 Å². The lowest BCUT2D eigenvalue weighted by Gasteiger charge is -2.17. The molecule has 0 aromatic heterocycles. The monoisotopic (exact) mass is 428 g/mol. The Morgan fingerprint density at radius 3 is 2.60 bits per heavy atom. The highest BCUT2D eigenvalue weighted by Gasteiger charge is 2.19. The van der Waals surface area contributed by atoms with Crippen molar-refractivity contribution in [2.75, 3.05) is 12.4 Å². The van der Waals surface area contributed by atoms with Gasteiger partial charge in [0, 0.05) is 11.1 Å². The van der Waals surface area contributed by atoms with Crippen LogP contribution in [0.25, 0.3) is 0 Å². The molecule has 1 unspecified atom stereocenters. The molecule has 0 aliphatic rings. The van der Waals surface area contributed by atoms with Crippen LogP contribution in [-0.4, -0.2) is 24.0 Å². The summed E-state index contributed by atoms with van der Waals surface area (Å²) in [4.78, 5) is 22.6. The third kappa shape index (κ3) is 4.83. The summed E-state index contributed by atoms with van der Waals surface area (Å²) in [5, 5.41) is 14.0. The molecule has 132 valence electrons. The van der Waals surface area contributed by atoms with Crippen LogP contribution >= 0.6 is 27.5 Å². The highest BCUT2D eigenvalue weighted by molar-refractivity contribution is 9.10. The number of nitrogens with zero attached hydrogens (tertiary/aromatic N) is 1. The average Bonchev–Trinajstić information content (AvgIpc) is 2.57. The van der Waals surface area contributed by atoms with Crippen LogP contribution in [0.3, 0.4) is 0 Å². The lowest BCUT2D eigenvalue weighted by atomic mass is 10.2. The van der Waals surface area contributed by atoms with Gasteiger partial charge in [-0.3, -0.25) is 14.9 Å². The first-order valence-electron chi connectivity index (χ1n) is 7.07. The summed E-state index contributed by atoms with van der Waals surface area (Å²) >= 11 is 9.18. The minimum absolute atomic E-state index is 0.135. The van der Waals surface area contributed by atoms with Crippen molar-refractivity contribution in [1.82, 2.24) is 0 Å². The molecule has 1 amide bonds. The number of anilines is 1. The number of hydrogen-bond acceptors (Lipinski definition) is 5. The maximum atomic E-state index is 12.3. The van der Waals surface area contributed by atoms with E-state index in [0.717, 1.165) is 0 Å². The highest BCUT2D eigenvalue weighted by atomic mass is 79.9. The van der Waals surface area contributed by atoms with Gasteiger partial charge in [-0.25, -0.2) is 0 Å². The summed E-state index contributed by atoms with van der Waals surface area (Å²) in [6.45, 7) is 1.58. The van der Waals surface area contributed by atoms with E-state index in [1.54, 1.807) is 25.1 Å². The molecular formula is C16H14BrClN2O5. The van der Waals surface area contributed by atoms with Crippen molar-refractivity contribution in [3.63, 3.8) is 0 Å². The lowest BCUT2D eigenvalue weighted by molar-refractivity contribution is -0.384. The Balaban J connectivity index is 2.11. The third-order valence-electron chi connectivity index (χ3n) is 3.22. The van der Waals surface area contributed by atoms with Crippen molar-refractivity contribution in [1.29, 1.82) is 0 Å². The van der Waals surface area contributed by atoms with E-state index in [4.69, 9.17) is 21.1 Å². The first-order valence-corrected chi connectivity index (χ1v) is 8.24. The smallest absolute Gasteiger partial charge is 0.273 e. The quantitative estimate of drug-likeness (QED) is 0.542.